The molecule has 2 nitrogen and oxygen atoms in total. The van der Waals surface area contributed by atoms with E-state index in [1.54, 1.807) is 0 Å². The van der Waals surface area contributed by atoms with Crippen LogP contribution in [-0.4, -0.2) is 4.98 Å². The maximum atomic E-state index is 13.3. The molecule has 0 amide bonds. The normalized spacial score (nSPS) is 11.8. The molecule has 96 valence electrons. The second-order valence-corrected chi connectivity index (χ2v) is 4.24. The molecule has 0 fully saturated rings. The quantitative estimate of drug-likeness (QED) is 0.809. The van der Waals surface area contributed by atoms with Crippen molar-refractivity contribution in [1.82, 2.24) is 4.98 Å². The van der Waals surface area contributed by atoms with Gasteiger partial charge in [0, 0.05) is 10.9 Å². The zero-order valence-corrected chi connectivity index (χ0v) is 9.37. The van der Waals surface area contributed by atoms with Crippen LogP contribution in [0.1, 0.15) is 5.56 Å². The van der Waals surface area contributed by atoms with Gasteiger partial charge in [0.25, 0.3) is 0 Å². The lowest BCUT2D eigenvalue weighted by molar-refractivity contribution is -0.139. The minimum atomic E-state index is -5.01. The lowest BCUT2D eigenvalue weighted by Gasteiger charge is -2.12. The molecule has 0 atom stereocenters. The van der Waals surface area contributed by atoms with E-state index in [1.165, 1.54) is 5.38 Å². The van der Waals surface area contributed by atoms with Crippen LogP contribution in [0.15, 0.2) is 17.5 Å². The Morgan fingerprint density at radius 1 is 1.17 bits per heavy atom. The number of nitrogens with zero attached hydrogens (tertiary/aromatic N) is 1. The van der Waals surface area contributed by atoms with Crippen molar-refractivity contribution < 1.29 is 22.0 Å². The Hall–Kier alpha value is -1.70. The number of alkyl halides is 3. The summed E-state index contributed by atoms with van der Waals surface area (Å²) in [5.74, 6) is -3.50. The van der Waals surface area contributed by atoms with Crippen LogP contribution in [0.25, 0.3) is 11.3 Å². The van der Waals surface area contributed by atoms with Gasteiger partial charge in [0.05, 0.1) is 5.69 Å². The molecule has 0 aliphatic heterocycles. The average Bonchev–Trinajstić information content (AvgIpc) is 2.66. The highest BCUT2D eigenvalue weighted by molar-refractivity contribution is 7.13. The summed E-state index contributed by atoms with van der Waals surface area (Å²) >= 11 is 0.912. The van der Waals surface area contributed by atoms with Gasteiger partial charge in [0.1, 0.15) is 5.56 Å². The van der Waals surface area contributed by atoms with E-state index < -0.39 is 28.9 Å². The first-order valence-corrected chi connectivity index (χ1v) is 5.45. The largest absolute Gasteiger partial charge is 0.419 e. The maximum absolute atomic E-state index is 13.3. The monoisotopic (exact) mass is 280 g/mol. The molecule has 1 aromatic heterocycles. The van der Waals surface area contributed by atoms with E-state index in [9.17, 15) is 22.0 Å². The smallest absolute Gasteiger partial charge is 0.375 e. The highest BCUT2D eigenvalue weighted by Crippen LogP contribution is 2.39. The van der Waals surface area contributed by atoms with Gasteiger partial charge in [-0.3, -0.25) is 0 Å². The summed E-state index contributed by atoms with van der Waals surface area (Å²) in [4.78, 5) is 3.63. The third kappa shape index (κ3) is 2.15. The second kappa shape index (κ2) is 4.20. The predicted octanol–water partition coefficient (Wildman–Crippen LogP) is 3.69. The number of thiazole rings is 1. The number of hydrogen-bond donors (Lipinski definition) is 1. The van der Waals surface area contributed by atoms with Crippen LogP contribution in [0.5, 0.6) is 0 Å². The third-order valence-electron chi connectivity index (χ3n) is 2.18. The summed E-state index contributed by atoms with van der Waals surface area (Å²) in [5, 5.41) is 1.29. The van der Waals surface area contributed by atoms with Gasteiger partial charge >= 0.3 is 6.18 Å². The SMILES string of the molecule is Nc1nc(-c2ccc(F)c(F)c2C(F)(F)F)cs1. The molecule has 8 heteroatoms. The van der Waals surface area contributed by atoms with Crippen molar-refractivity contribution in [3.63, 3.8) is 0 Å². The summed E-state index contributed by atoms with van der Waals surface area (Å²) in [6, 6.07) is 1.45. The molecule has 1 heterocycles. The fourth-order valence-electron chi connectivity index (χ4n) is 1.45. The highest BCUT2D eigenvalue weighted by Gasteiger charge is 2.39. The molecule has 0 radical (unpaired) electrons. The van der Waals surface area contributed by atoms with Gasteiger partial charge < -0.3 is 5.73 Å². The minimum Gasteiger partial charge on any atom is -0.375 e. The molecule has 0 bridgehead atoms. The number of aromatic nitrogens is 1. The van der Waals surface area contributed by atoms with Crippen LogP contribution in [0.4, 0.5) is 27.1 Å². The standard InChI is InChI=1S/C10H5F5N2S/c11-5-2-1-4(6-3-18-9(16)17-6)7(8(5)12)10(13,14)15/h1-3H,(H2,16,17). The molecule has 2 rings (SSSR count). The maximum Gasteiger partial charge on any atom is 0.419 e. The molecule has 18 heavy (non-hydrogen) atoms. The van der Waals surface area contributed by atoms with Crippen LogP contribution in [0.2, 0.25) is 0 Å². The van der Waals surface area contributed by atoms with Crippen LogP contribution >= 0.6 is 11.3 Å². The lowest BCUT2D eigenvalue weighted by Crippen LogP contribution is -2.12. The van der Waals surface area contributed by atoms with E-state index in [2.05, 4.69) is 4.98 Å². The molecule has 2 N–H and O–H groups in total. The molecule has 0 unspecified atom stereocenters. The zero-order valence-electron chi connectivity index (χ0n) is 8.55. The van der Waals surface area contributed by atoms with Gasteiger partial charge in [0.2, 0.25) is 0 Å². The first kappa shape index (κ1) is 12.7. The van der Waals surface area contributed by atoms with Crippen molar-refractivity contribution in [2.45, 2.75) is 6.18 Å². The van der Waals surface area contributed by atoms with E-state index in [0.29, 0.717) is 6.07 Å². The lowest BCUT2D eigenvalue weighted by atomic mass is 10.0. The van der Waals surface area contributed by atoms with E-state index in [-0.39, 0.29) is 10.8 Å². The van der Waals surface area contributed by atoms with E-state index >= 15 is 0 Å². The Morgan fingerprint density at radius 3 is 2.33 bits per heavy atom. The molecular formula is C10H5F5N2S. The highest BCUT2D eigenvalue weighted by atomic mass is 32.1. The van der Waals surface area contributed by atoms with E-state index in [1.807, 2.05) is 0 Å². The fraction of sp³-hybridized carbons (Fsp3) is 0.100. The van der Waals surface area contributed by atoms with Gasteiger partial charge in [-0.15, -0.1) is 11.3 Å². The zero-order chi connectivity index (χ0) is 13.5. The summed E-state index contributed by atoms with van der Waals surface area (Å²) < 4.78 is 64.4. The molecule has 0 aliphatic carbocycles. The number of halogens is 5. The molecule has 1 aromatic carbocycles. The van der Waals surface area contributed by atoms with Crippen molar-refractivity contribution in [3.05, 3.63) is 34.7 Å². The third-order valence-corrected chi connectivity index (χ3v) is 2.85. The summed E-state index contributed by atoms with van der Waals surface area (Å²) in [6.45, 7) is 0. The van der Waals surface area contributed by atoms with Gasteiger partial charge in [-0.2, -0.15) is 13.2 Å². The van der Waals surface area contributed by atoms with E-state index in [0.717, 1.165) is 17.4 Å². The van der Waals surface area contributed by atoms with Crippen LogP contribution in [-0.2, 0) is 6.18 Å². The first-order chi connectivity index (χ1) is 8.30. The Balaban J connectivity index is 2.72. The van der Waals surface area contributed by atoms with Crippen LogP contribution in [0.3, 0.4) is 0 Å². The topological polar surface area (TPSA) is 38.9 Å². The molecule has 0 saturated carbocycles. The average molecular weight is 280 g/mol. The second-order valence-electron chi connectivity index (χ2n) is 3.35. The minimum absolute atomic E-state index is 0.0443. The first-order valence-electron chi connectivity index (χ1n) is 4.57. The number of anilines is 1. The van der Waals surface area contributed by atoms with E-state index in [4.69, 9.17) is 5.73 Å². The fourth-order valence-corrected chi connectivity index (χ4v) is 2.02. The Kier molecular flexibility index (Phi) is 2.97. The van der Waals surface area contributed by atoms with Crippen molar-refractivity contribution in [2.24, 2.45) is 0 Å². The van der Waals surface area contributed by atoms with Crippen molar-refractivity contribution in [1.29, 1.82) is 0 Å². The molecular weight excluding hydrogens is 275 g/mol. The van der Waals surface area contributed by atoms with Crippen LogP contribution < -0.4 is 5.73 Å². The summed E-state index contributed by atoms with van der Waals surface area (Å²) in [6.07, 6.45) is -5.01. The Morgan fingerprint density at radius 2 is 1.83 bits per heavy atom. The van der Waals surface area contributed by atoms with Gasteiger partial charge in [-0.25, -0.2) is 13.8 Å². The number of nitrogens with two attached hydrogens (primary N) is 1. The van der Waals surface area contributed by atoms with Gasteiger partial charge in [-0.05, 0) is 12.1 Å². The van der Waals surface area contributed by atoms with Crippen LogP contribution in [0, 0.1) is 11.6 Å². The van der Waals surface area contributed by atoms with Crippen molar-refractivity contribution >= 4 is 16.5 Å². The number of benzene rings is 1. The molecule has 0 spiro atoms. The molecule has 2 aromatic rings. The number of rotatable bonds is 1. The molecule has 0 saturated heterocycles. The number of nitrogen functional groups attached to an aromatic ring is 1. The molecule has 0 aliphatic rings. The predicted molar refractivity (Wildman–Crippen MR) is 56.9 cm³/mol. The van der Waals surface area contributed by atoms with Gasteiger partial charge in [-0.1, -0.05) is 0 Å². The Bertz CT molecular complexity index is 590. The summed E-state index contributed by atoms with van der Waals surface area (Å²) in [5.41, 5.74) is 2.96. The Labute approximate surface area is 102 Å². The number of hydrogen-bond acceptors (Lipinski definition) is 3. The van der Waals surface area contributed by atoms with Gasteiger partial charge in [0.15, 0.2) is 16.8 Å². The van der Waals surface area contributed by atoms with Crippen molar-refractivity contribution in [2.75, 3.05) is 5.73 Å². The van der Waals surface area contributed by atoms with Crippen molar-refractivity contribution in [3.8, 4) is 11.3 Å². The summed E-state index contributed by atoms with van der Waals surface area (Å²) in [7, 11) is 0.